The van der Waals surface area contributed by atoms with Gasteiger partial charge >= 0.3 is 0 Å². The number of carbonyl (C=O) groups excluding carboxylic acids is 1. The zero-order valence-corrected chi connectivity index (χ0v) is 18.1. The van der Waals surface area contributed by atoms with Crippen LogP contribution in [0.2, 0.25) is 0 Å². The molecule has 0 aliphatic carbocycles. The highest BCUT2D eigenvalue weighted by Crippen LogP contribution is 2.20. The Kier molecular flexibility index (Phi) is 6.78. The van der Waals surface area contributed by atoms with Crippen LogP contribution in [0.4, 0.5) is 0 Å². The predicted octanol–water partition coefficient (Wildman–Crippen LogP) is 5.68. The van der Waals surface area contributed by atoms with E-state index >= 15 is 0 Å². The second-order valence-electron chi connectivity index (χ2n) is 7.99. The van der Waals surface area contributed by atoms with E-state index in [0.29, 0.717) is 19.5 Å². The molecule has 4 aromatic rings. The highest BCUT2D eigenvalue weighted by atomic mass is 16.2. The molecule has 0 saturated carbocycles. The van der Waals surface area contributed by atoms with Gasteiger partial charge < -0.3 is 9.88 Å². The van der Waals surface area contributed by atoms with Crippen LogP contribution < -0.4 is 0 Å². The number of carbonyl (C=O) groups is 1. The first-order chi connectivity index (χ1) is 15.2. The number of aryl methyl sites for hydroxylation is 2. The number of fused-ring (bicyclic) bond motifs is 1. The van der Waals surface area contributed by atoms with E-state index < -0.39 is 0 Å². The normalized spacial score (nSPS) is 11.0. The van der Waals surface area contributed by atoms with Crippen LogP contribution in [-0.4, -0.2) is 20.8 Å². The summed E-state index contributed by atoms with van der Waals surface area (Å²) in [7, 11) is 0. The Bertz CT molecular complexity index is 1120. The maximum atomic E-state index is 13.2. The number of nitrogens with zero attached hydrogens (tertiary/aromatic N) is 2. The van der Waals surface area contributed by atoms with Gasteiger partial charge in [0.15, 0.2) is 0 Å². The standard InChI is InChI=1S/C27H29N3O/c1-2-21-12-14-22(15-13-21)19-30(20-23-7-6-16-28-17-23)27(31)11-5-8-24-18-29-26-10-4-3-9-25(24)26/h3-4,6-7,9-10,12-18,29H,2,5,8,11,19-20H2,1H3. The van der Waals surface area contributed by atoms with E-state index in [1.165, 1.54) is 16.5 Å². The molecule has 4 heteroatoms. The minimum absolute atomic E-state index is 0.184. The molecule has 0 aliphatic rings. The number of aromatic nitrogens is 2. The van der Waals surface area contributed by atoms with Crippen LogP contribution >= 0.6 is 0 Å². The van der Waals surface area contributed by atoms with Gasteiger partial charge in [-0.1, -0.05) is 55.5 Å². The van der Waals surface area contributed by atoms with Crippen molar-refractivity contribution in [3.05, 3.63) is 102 Å². The molecule has 0 saturated heterocycles. The number of hydrogen-bond acceptors (Lipinski definition) is 2. The van der Waals surface area contributed by atoms with Crippen molar-refractivity contribution in [2.45, 2.75) is 45.7 Å². The van der Waals surface area contributed by atoms with Crippen molar-refractivity contribution in [2.24, 2.45) is 0 Å². The van der Waals surface area contributed by atoms with Crippen LogP contribution in [0.3, 0.4) is 0 Å². The van der Waals surface area contributed by atoms with E-state index in [1.807, 2.05) is 29.3 Å². The molecule has 0 aliphatic heterocycles. The molecule has 4 nitrogen and oxygen atoms in total. The number of hydrogen-bond donors (Lipinski definition) is 1. The molecule has 0 atom stereocenters. The Morgan fingerprint density at radius 1 is 0.935 bits per heavy atom. The number of amides is 1. The molecule has 0 radical (unpaired) electrons. The largest absolute Gasteiger partial charge is 0.361 e. The molecular weight excluding hydrogens is 382 g/mol. The third-order valence-electron chi connectivity index (χ3n) is 5.77. The molecule has 158 valence electrons. The van der Waals surface area contributed by atoms with Gasteiger partial charge in [0.25, 0.3) is 0 Å². The van der Waals surface area contributed by atoms with Gasteiger partial charge in [-0.2, -0.15) is 0 Å². The van der Waals surface area contributed by atoms with Gasteiger partial charge in [-0.25, -0.2) is 0 Å². The summed E-state index contributed by atoms with van der Waals surface area (Å²) in [5.74, 6) is 0.184. The third kappa shape index (κ3) is 5.40. The fraction of sp³-hybridized carbons (Fsp3) is 0.259. The number of aromatic amines is 1. The lowest BCUT2D eigenvalue weighted by Gasteiger charge is -2.23. The average Bonchev–Trinajstić information content (AvgIpc) is 3.23. The van der Waals surface area contributed by atoms with Crippen molar-refractivity contribution in [3.63, 3.8) is 0 Å². The molecule has 1 N–H and O–H groups in total. The zero-order valence-electron chi connectivity index (χ0n) is 18.1. The summed E-state index contributed by atoms with van der Waals surface area (Å²) in [5.41, 5.74) is 5.95. The van der Waals surface area contributed by atoms with Crippen molar-refractivity contribution in [2.75, 3.05) is 0 Å². The molecule has 2 aromatic carbocycles. The second-order valence-corrected chi connectivity index (χ2v) is 7.99. The average molecular weight is 412 g/mol. The Morgan fingerprint density at radius 2 is 1.71 bits per heavy atom. The molecule has 2 aromatic heterocycles. The predicted molar refractivity (Wildman–Crippen MR) is 126 cm³/mol. The maximum absolute atomic E-state index is 13.2. The number of rotatable bonds is 9. The lowest BCUT2D eigenvalue weighted by Crippen LogP contribution is -2.30. The van der Waals surface area contributed by atoms with Crippen molar-refractivity contribution in [1.82, 2.24) is 14.9 Å². The Labute approximate surface area is 183 Å². The lowest BCUT2D eigenvalue weighted by atomic mass is 10.1. The van der Waals surface area contributed by atoms with Gasteiger partial charge in [0.1, 0.15) is 0 Å². The second kappa shape index (κ2) is 10.1. The van der Waals surface area contributed by atoms with Crippen LogP contribution in [-0.2, 0) is 30.7 Å². The number of para-hydroxylation sites is 1. The van der Waals surface area contributed by atoms with E-state index in [4.69, 9.17) is 0 Å². The van der Waals surface area contributed by atoms with Gasteiger partial charge in [-0.05, 0) is 53.6 Å². The van der Waals surface area contributed by atoms with Crippen LogP contribution in [0.25, 0.3) is 10.9 Å². The van der Waals surface area contributed by atoms with Crippen LogP contribution in [0.5, 0.6) is 0 Å². The molecule has 4 rings (SSSR count). The number of nitrogens with one attached hydrogen (secondary N) is 1. The van der Waals surface area contributed by atoms with Gasteiger partial charge in [0.05, 0.1) is 0 Å². The van der Waals surface area contributed by atoms with Crippen LogP contribution in [0.15, 0.2) is 79.3 Å². The molecule has 0 bridgehead atoms. The summed E-state index contributed by atoms with van der Waals surface area (Å²) < 4.78 is 0. The molecule has 1 amide bonds. The minimum Gasteiger partial charge on any atom is -0.361 e. The monoisotopic (exact) mass is 411 g/mol. The van der Waals surface area contributed by atoms with Crippen molar-refractivity contribution in [3.8, 4) is 0 Å². The molecule has 0 fully saturated rings. The summed E-state index contributed by atoms with van der Waals surface area (Å²) in [6, 6.07) is 20.8. The topological polar surface area (TPSA) is 49.0 Å². The van der Waals surface area contributed by atoms with E-state index in [-0.39, 0.29) is 5.91 Å². The Hall–Kier alpha value is -3.40. The molecule has 2 heterocycles. The summed E-state index contributed by atoms with van der Waals surface area (Å²) >= 11 is 0. The fourth-order valence-corrected chi connectivity index (χ4v) is 3.97. The highest BCUT2D eigenvalue weighted by Gasteiger charge is 2.15. The number of benzene rings is 2. The minimum atomic E-state index is 0.184. The van der Waals surface area contributed by atoms with Crippen molar-refractivity contribution < 1.29 is 4.79 Å². The van der Waals surface area contributed by atoms with E-state index in [1.54, 1.807) is 6.20 Å². The first-order valence-corrected chi connectivity index (χ1v) is 11.0. The summed E-state index contributed by atoms with van der Waals surface area (Å²) in [6.07, 6.45) is 8.95. The van der Waals surface area contributed by atoms with Gasteiger partial charge in [-0.15, -0.1) is 0 Å². The molecule has 0 unspecified atom stereocenters. The third-order valence-corrected chi connectivity index (χ3v) is 5.77. The summed E-state index contributed by atoms with van der Waals surface area (Å²) in [6.45, 7) is 3.35. The van der Waals surface area contributed by atoms with Crippen molar-refractivity contribution >= 4 is 16.8 Å². The number of pyridine rings is 1. The van der Waals surface area contributed by atoms with Crippen molar-refractivity contribution in [1.29, 1.82) is 0 Å². The van der Waals surface area contributed by atoms with E-state index in [2.05, 4.69) is 65.6 Å². The van der Waals surface area contributed by atoms with E-state index in [0.717, 1.165) is 35.9 Å². The summed E-state index contributed by atoms with van der Waals surface area (Å²) in [5, 5.41) is 1.25. The number of H-pyrrole nitrogens is 1. The molecular formula is C27H29N3O. The maximum Gasteiger partial charge on any atom is 0.223 e. The van der Waals surface area contributed by atoms with Gasteiger partial charge in [0, 0.05) is 49.0 Å². The molecule has 31 heavy (non-hydrogen) atoms. The Morgan fingerprint density at radius 3 is 2.48 bits per heavy atom. The fourth-order valence-electron chi connectivity index (χ4n) is 3.97. The zero-order chi connectivity index (χ0) is 21.5. The molecule has 0 spiro atoms. The highest BCUT2D eigenvalue weighted by molar-refractivity contribution is 5.83. The van der Waals surface area contributed by atoms with Gasteiger partial charge in [0.2, 0.25) is 5.91 Å². The smallest absolute Gasteiger partial charge is 0.223 e. The SMILES string of the molecule is CCc1ccc(CN(Cc2cccnc2)C(=O)CCCc2c[nH]c3ccccc23)cc1. The first-order valence-electron chi connectivity index (χ1n) is 11.0. The quantitative estimate of drug-likeness (QED) is 0.385. The van der Waals surface area contributed by atoms with Gasteiger partial charge in [-0.3, -0.25) is 9.78 Å². The lowest BCUT2D eigenvalue weighted by molar-refractivity contribution is -0.132. The Balaban J connectivity index is 1.42. The van der Waals surface area contributed by atoms with E-state index in [9.17, 15) is 4.79 Å². The van der Waals surface area contributed by atoms with Crippen LogP contribution in [0, 0.1) is 0 Å². The summed E-state index contributed by atoms with van der Waals surface area (Å²) in [4.78, 5) is 22.6. The first kappa shape index (κ1) is 20.9. The van der Waals surface area contributed by atoms with Crippen LogP contribution in [0.1, 0.15) is 42.0 Å².